The van der Waals surface area contributed by atoms with Gasteiger partial charge in [-0.15, -0.1) is 0 Å². The lowest BCUT2D eigenvalue weighted by Gasteiger charge is -2.26. The number of methoxy groups -OCH3 is 2. The van der Waals surface area contributed by atoms with Crippen LogP contribution in [-0.4, -0.2) is 32.1 Å². The van der Waals surface area contributed by atoms with E-state index in [0.29, 0.717) is 11.5 Å². The first-order valence-electron chi connectivity index (χ1n) is 12.2. The van der Waals surface area contributed by atoms with Crippen LogP contribution in [-0.2, 0) is 21.5 Å². The summed E-state index contributed by atoms with van der Waals surface area (Å²) in [5, 5.41) is 2.63. The molecule has 0 fully saturated rings. The molecule has 0 atom stereocenters. The van der Waals surface area contributed by atoms with E-state index in [9.17, 15) is 14.4 Å². The molecule has 0 saturated heterocycles. The molecule has 0 aliphatic rings. The molecule has 0 aliphatic carbocycles. The van der Waals surface area contributed by atoms with Gasteiger partial charge in [0.1, 0.15) is 18.1 Å². The largest absolute Gasteiger partial charge is 0.486 e. The first-order valence-corrected chi connectivity index (χ1v) is 12.2. The SMILES string of the molecule is COC(=O)c1cc(NC(=O)c2ccc(COc3ccc(C(C)(C)c4ccccc4)cc3)o2)cc(C(=O)OC)c1. The maximum atomic E-state index is 12.8. The molecule has 39 heavy (non-hydrogen) atoms. The zero-order valence-electron chi connectivity index (χ0n) is 22.1. The van der Waals surface area contributed by atoms with Crippen molar-refractivity contribution in [1.29, 1.82) is 0 Å². The molecule has 4 rings (SSSR count). The highest BCUT2D eigenvalue weighted by molar-refractivity contribution is 6.04. The Kier molecular flexibility index (Phi) is 8.15. The van der Waals surface area contributed by atoms with E-state index in [1.165, 1.54) is 44.0 Å². The number of carbonyl (C=O) groups is 3. The van der Waals surface area contributed by atoms with Gasteiger partial charge in [0.25, 0.3) is 5.91 Å². The number of rotatable bonds is 9. The fourth-order valence-corrected chi connectivity index (χ4v) is 4.09. The first-order chi connectivity index (χ1) is 18.7. The third-order valence-electron chi connectivity index (χ3n) is 6.37. The number of hydrogen-bond donors (Lipinski definition) is 1. The van der Waals surface area contributed by atoms with Crippen molar-refractivity contribution in [2.75, 3.05) is 19.5 Å². The zero-order valence-corrected chi connectivity index (χ0v) is 22.1. The Morgan fingerprint density at radius 2 is 1.36 bits per heavy atom. The van der Waals surface area contributed by atoms with E-state index in [2.05, 4.69) is 31.3 Å². The van der Waals surface area contributed by atoms with Gasteiger partial charge in [0.2, 0.25) is 0 Å². The predicted molar refractivity (Wildman–Crippen MR) is 145 cm³/mol. The van der Waals surface area contributed by atoms with E-state index in [0.717, 1.165) is 5.56 Å². The number of esters is 2. The summed E-state index contributed by atoms with van der Waals surface area (Å²) in [6, 6.07) is 25.5. The maximum absolute atomic E-state index is 12.8. The first kappa shape index (κ1) is 27.2. The molecule has 0 radical (unpaired) electrons. The van der Waals surface area contributed by atoms with Crippen LogP contribution in [0.2, 0.25) is 0 Å². The molecule has 8 heteroatoms. The van der Waals surface area contributed by atoms with Crippen LogP contribution in [0.3, 0.4) is 0 Å². The number of amides is 1. The van der Waals surface area contributed by atoms with E-state index >= 15 is 0 Å². The van der Waals surface area contributed by atoms with Crippen LogP contribution in [0.1, 0.15) is 62.0 Å². The maximum Gasteiger partial charge on any atom is 0.337 e. The third-order valence-corrected chi connectivity index (χ3v) is 6.37. The lowest BCUT2D eigenvalue weighted by molar-refractivity contribution is 0.0598. The molecule has 0 unspecified atom stereocenters. The summed E-state index contributed by atoms with van der Waals surface area (Å²) in [6.45, 7) is 4.48. The van der Waals surface area contributed by atoms with E-state index < -0.39 is 17.8 Å². The summed E-state index contributed by atoms with van der Waals surface area (Å²) >= 11 is 0. The number of benzene rings is 3. The van der Waals surface area contributed by atoms with Crippen LogP contribution in [0, 0.1) is 0 Å². The standard InChI is InChI=1S/C31H29NO7/c1-31(2,22-8-6-5-7-9-22)23-10-12-25(13-11-23)38-19-26-14-15-27(39-26)28(33)32-24-17-20(29(34)36-3)16-21(18-24)30(35)37-4/h5-18H,19H2,1-4H3,(H,32,33). The Morgan fingerprint density at radius 1 is 0.769 bits per heavy atom. The molecule has 3 aromatic carbocycles. The van der Waals surface area contributed by atoms with Crippen LogP contribution >= 0.6 is 0 Å². The highest BCUT2D eigenvalue weighted by atomic mass is 16.5. The van der Waals surface area contributed by atoms with E-state index in [-0.39, 0.29) is 34.6 Å². The Balaban J connectivity index is 1.40. The number of anilines is 1. The predicted octanol–water partition coefficient (Wildman–Crippen LogP) is 6.01. The van der Waals surface area contributed by atoms with Crippen LogP contribution in [0.25, 0.3) is 0 Å². The number of carbonyl (C=O) groups excluding carboxylic acids is 3. The summed E-state index contributed by atoms with van der Waals surface area (Å²) in [5.41, 5.74) is 2.60. The Hall–Kier alpha value is -4.85. The molecule has 200 valence electrons. The van der Waals surface area contributed by atoms with Crippen molar-refractivity contribution in [3.63, 3.8) is 0 Å². The quantitative estimate of drug-likeness (QED) is 0.266. The molecule has 8 nitrogen and oxygen atoms in total. The second-order valence-electron chi connectivity index (χ2n) is 9.31. The molecular weight excluding hydrogens is 498 g/mol. The van der Waals surface area contributed by atoms with Crippen LogP contribution in [0.5, 0.6) is 5.75 Å². The minimum Gasteiger partial charge on any atom is -0.486 e. The van der Waals surface area contributed by atoms with Crippen molar-refractivity contribution in [3.05, 3.63) is 119 Å². The lowest BCUT2D eigenvalue weighted by Crippen LogP contribution is -2.18. The van der Waals surface area contributed by atoms with Crippen molar-refractivity contribution in [3.8, 4) is 5.75 Å². The zero-order chi connectivity index (χ0) is 28.0. The molecule has 0 aliphatic heterocycles. The van der Waals surface area contributed by atoms with Gasteiger partial charge in [0, 0.05) is 11.1 Å². The topological polar surface area (TPSA) is 104 Å². The molecule has 0 spiro atoms. The normalized spacial score (nSPS) is 11.0. The average Bonchev–Trinajstić information content (AvgIpc) is 3.45. The van der Waals surface area contributed by atoms with E-state index in [4.69, 9.17) is 18.6 Å². The van der Waals surface area contributed by atoms with Crippen molar-refractivity contribution in [2.45, 2.75) is 25.9 Å². The fourth-order valence-electron chi connectivity index (χ4n) is 4.09. The van der Waals surface area contributed by atoms with Gasteiger partial charge in [-0.2, -0.15) is 0 Å². The molecule has 4 aromatic rings. The van der Waals surface area contributed by atoms with Crippen LogP contribution in [0.4, 0.5) is 5.69 Å². The van der Waals surface area contributed by atoms with E-state index in [1.807, 2.05) is 42.5 Å². The third kappa shape index (κ3) is 6.35. The second kappa shape index (κ2) is 11.7. The number of ether oxygens (including phenoxy) is 3. The van der Waals surface area contributed by atoms with Gasteiger partial charge in [0.05, 0.1) is 25.3 Å². The molecule has 1 amide bonds. The number of hydrogen-bond acceptors (Lipinski definition) is 7. The summed E-state index contributed by atoms with van der Waals surface area (Å²) in [6.07, 6.45) is 0. The van der Waals surface area contributed by atoms with Crippen molar-refractivity contribution in [1.82, 2.24) is 0 Å². The second-order valence-corrected chi connectivity index (χ2v) is 9.31. The highest BCUT2D eigenvalue weighted by Crippen LogP contribution is 2.32. The minimum atomic E-state index is -0.662. The van der Waals surface area contributed by atoms with Gasteiger partial charge in [0.15, 0.2) is 5.76 Å². The lowest BCUT2D eigenvalue weighted by atomic mass is 9.78. The summed E-state index contributed by atoms with van der Waals surface area (Å²) in [5.74, 6) is -0.730. The van der Waals surface area contributed by atoms with E-state index in [1.54, 1.807) is 6.07 Å². The van der Waals surface area contributed by atoms with Crippen molar-refractivity contribution in [2.24, 2.45) is 0 Å². The fraction of sp³-hybridized carbons (Fsp3) is 0.194. The minimum absolute atomic E-state index is 0.0386. The molecule has 1 aromatic heterocycles. The molecule has 0 bridgehead atoms. The van der Waals surface area contributed by atoms with Gasteiger partial charge < -0.3 is 23.9 Å². The Labute approximate surface area is 226 Å². The summed E-state index contributed by atoms with van der Waals surface area (Å²) in [4.78, 5) is 36.8. The molecule has 1 N–H and O–H groups in total. The van der Waals surface area contributed by atoms with Gasteiger partial charge >= 0.3 is 11.9 Å². The Morgan fingerprint density at radius 3 is 1.95 bits per heavy atom. The molecule has 0 saturated carbocycles. The monoisotopic (exact) mass is 527 g/mol. The molecule has 1 heterocycles. The van der Waals surface area contributed by atoms with Crippen molar-refractivity contribution >= 4 is 23.5 Å². The number of nitrogens with one attached hydrogen (secondary N) is 1. The summed E-state index contributed by atoms with van der Waals surface area (Å²) in [7, 11) is 2.44. The van der Waals surface area contributed by atoms with Crippen LogP contribution in [0.15, 0.2) is 89.3 Å². The van der Waals surface area contributed by atoms with Gasteiger partial charge in [-0.25, -0.2) is 9.59 Å². The number of furan rings is 1. The van der Waals surface area contributed by atoms with Gasteiger partial charge in [-0.05, 0) is 53.6 Å². The Bertz CT molecular complexity index is 1440. The average molecular weight is 528 g/mol. The molecular formula is C31H29NO7. The van der Waals surface area contributed by atoms with Crippen LogP contribution < -0.4 is 10.1 Å². The van der Waals surface area contributed by atoms with Crippen molar-refractivity contribution < 1.29 is 33.0 Å². The smallest absolute Gasteiger partial charge is 0.337 e. The van der Waals surface area contributed by atoms with Gasteiger partial charge in [-0.3, -0.25) is 4.79 Å². The summed E-state index contributed by atoms with van der Waals surface area (Å²) < 4.78 is 21.0. The highest BCUT2D eigenvalue weighted by Gasteiger charge is 2.23. The van der Waals surface area contributed by atoms with Gasteiger partial charge in [-0.1, -0.05) is 56.3 Å².